The highest BCUT2D eigenvalue weighted by atomic mass is 35.5. The zero-order valence-electron chi connectivity index (χ0n) is 10.1. The van der Waals surface area contributed by atoms with Crippen LogP contribution in [0.2, 0.25) is 5.15 Å². The molecule has 1 aromatic heterocycles. The number of pyridine rings is 1. The summed E-state index contributed by atoms with van der Waals surface area (Å²) in [5, 5.41) is 19.5. The largest absolute Gasteiger partial charge is 0.478 e. The molecule has 1 heterocycles. The van der Waals surface area contributed by atoms with Gasteiger partial charge in [0.1, 0.15) is 11.0 Å². The Hall–Kier alpha value is -2.74. The maximum absolute atomic E-state index is 13.2. The van der Waals surface area contributed by atoms with E-state index >= 15 is 0 Å². The fourth-order valence-corrected chi connectivity index (χ4v) is 1.68. The fraction of sp³-hybridized carbons (Fsp3) is 0. The molecule has 0 fully saturated rings. The van der Waals surface area contributed by atoms with Crippen LogP contribution in [0.5, 0.6) is 11.6 Å². The molecule has 2 rings (SSSR count). The van der Waals surface area contributed by atoms with Gasteiger partial charge < -0.3 is 9.84 Å². The van der Waals surface area contributed by atoms with Gasteiger partial charge in [-0.2, -0.15) is 0 Å². The number of aromatic nitrogens is 1. The normalized spacial score (nSPS) is 10.2. The average Bonchev–Trinajstić information content (AvgIpc) is 2.37. The van der Waals surface area contributed by atoms with Gasteiger partial charge in [-0.05, 0) is 12.1 Å². The number of aromatic carboxylic acids is 1. The van der Waals surface area contributed by atoms with E-state index in [1.54, 1.807) is 0 Å². The molecule has 0 saturated carbocycles. The molecule has 108 valence electrons. The van der Waals surface area contributed by atoms with Gasteiger partial charge in [-0.3, -0.25) is 10.1 Å². The molecule has 0 aliphatic carbocycles. The molecule has 1 aromatic carbocycles. The van der Waals surface area contributed by atoms with E-state index in [0.29, 0.717) is 0 Å². The van der Waals surface area contributed by atoms with Crippen LogP contribution in [0.1, 0.15) is 10.4 Å². The Morgan fingerprint density at radius 2 is 2.10 bits per heavy atom. The Bertz CT molecular complexity index is 738. The first-order valence-electron chi connectivity index (χ1n) is 5.39. The molecule has 7 nitrogen and oxygen atoms in total. The minimum Gasteiger partial charge on any atom is -0.478 e. The van der Waals surface area contributed by atoms with Crippen LogP contribution in [0.25, 0.3) is 0 Å². The topological polar surface area (TPSA) is 103 Å². The number of ether oxygens (including phenoxy) is 1. The predicted octanol–water partition coefficient (Wildman–Crippen LogP) is 3.27. The lowest BCUT2D eigenvalue weighted by atomic mass is 10.2. The highest BCUT2D eigenvalue weighted by Crippen LogP contribution is 2.32. The molecule has 0 spiro atoms. The maximum atomic E-state index is 13.2. The predicted molar refractivity (Wildman–Crippen MR) is 69.3 cm³/mol. The van der Waals surface area contributed by atoms with E-state index in [0.717, 1.165) is 30.3 Å². The smallest absolute Gasteiger partial charge is 0.335 e. The number of nitro benzene ring substituents is 1. The number of nitrogens with zero attached hydrogens (tertiary/aromatic N) is 2. The summed E-state index contributed by atoms with van der Waals surface area (Å²) in [6.07, 6.45) is 0. The molecule has 0 aliphatic heterocycles. The fourth-order valence-electron chi connectivity index (χ4n) is 1.48. The van der Waals surface area contributed by atoms with Crippen molar-refractivity contribution in [2.24, 2.45) is 0 Å². The Labute approximate surface area is 121 Å². The number of benzene rings is 1. The number of halogens is 2. The zero-order chi connectivity index (χ0) is 15.6. The first kappa shape index (κ1) is 14.7. The number of carbonyl (C=O) groups is 1. The van der Waals surface area contributed by atoms with Gasteiger partial charge in [0.2, 0.25) is 11.6 Å². The van der Waals surface area contributed by atoms with E-state index in [-0.39, 0.29) is 16.6 Å². The second kappa shape index (κ2) is 5.71. The summed E-state index contributed by atoms with van der Waals surface area (Å²) in [6, 6.07) is 4.72. The molecule has 2 aromatic rings. The van der Waals surface area contributed by atoms with E-state index < -0.39 is 28.1 Å². The lowest BCUT2D eigenvalue weighted by molar-refractivity contribution is -0.385. The van der Waals surface area contributed by atoms with Crippen LogP contribution in [0.15, 0.2) is 30.3 Å². The van der Waals surface area contributed by atoms with Crippen LogP contribution in [-0.2, 0) is 0 Å². The van der Waals surface area contributed by atoms with Crippen molar-refractivity contribution in [2.45, 2.75) is 0 Å². The summed E-state index contributed by atoms with van der Waals surface area (Å²) in [6.45, 7) is 0. The standard InChI is InChI=1S/C12H6ClFN2O5/c13-10-3-6(12(17)18)4-11(15-10)21-9-5-7(14)1-2-8(9)16(19)20/h1-5H,(H,17,18). The number of carboxylic acid groups (broad SMARTS) is 1. The van der Waals surface area contributed by atoms with E-state index in [1.807, 2.05) is 0 Å². The molecule has 0 bridgehead atoms. The minimum atomic E-state index is -1.28. The van der Waals surface area contributed by atoms with Gasteiger partial charge in [-0.1, -0.05) is 11.6 Å². The third-order valence-electron chi connectivity index (χ3n) is 2.35. The van der Waals surface area contributed by atoms with E-state index in [1.165, 1.54) is 0 Å². The van der Waals surface area contributed by atoms with Gasteiger partial charge in [0.05, 0.1) is 10.5 Å². The van der Waals surface area contributed by atoms with Crippen molar-refractivity contribution >= 4 is 23.3 Å². The molecular weight excluding hydrogens is 307 g/mol. The van der Waals surface area contributed by atoms with Gasteiger partial charge in [0, 0.05) is 18.2 Å². The Morgan fingerprint density at radius 1 is 1.38 bits per heavy atom. The second-order valence-corrected chi connectivity index (χ2v) is 4.18. The minimum absolute atomic E-state index is 0.177. The quantitative estimate of drug-likeness (QED) is 0.528. The zero-order valence-corrected chi connectivity index (χ0v) is 10.9. The van der Waals surface area contributed by atoms with E-state index in [4.69, 9.17) is 21.4 Å². The molecule has 0 amide bonds. The van der Waals surface area contributed by atoms with Crippen molar-refractivity contribution in [2.75, 3.05) is 0 Å². The Balaban J connectivity index is 2.45. The van der Waals surface area contributed by atoms with Crippen LogP contribution < -0.4 is 4.74 Å². The summed E-state index contributed by atoms with van der Waals surface area (Å²) < 4.78 is 18.2. The molecule has 0 aliphatic rings. The Morgan fingerprint density at radius 3 is 2.71 bits per heavy atom. The van der Waals surface area contributed by atoms with Crippen molar-refractivity contribution in [1.29, 1.82) is 0 Å². The molecule has 0 atom stereocenters. The SMILES string of the molecule is O=C(O)c1cc(Cl)nc(Oc2cc(F)ccc2[N+](=O)[O-])c1. The van der Waals surface area contributed by atoms with Gasteiger partial charge in [0.15, 0.2) is 0 Å². The van der Waals surface area contributed by atoms with Crippen molar-refractivity contribution in [3.63, 3.8) is 0 Å². The van der Waals surface area contributed by atoms with Crippen molar-refractivity contribution < 1.29 is 24.0 Å². The second-order valence-electron chi connectivity index (χ2n) is 3.79. The first-order valence-corrected chi connectivity index (χ1v) is 5.77. The van der Waals surface area contributed by atoms with Gasteiger partial charge in [-0.25, -0.2) is 14.2 Å². The highest BCUT2D eigenvalue weighted by molar-refractivity contribution is 6.29. The third-order valence-corrected chi connectivity index (χ3v) is 2.54. The number of carboxylic acids is 1. The third kappa shape index (κ3) is 3.42. The van der Waals surface area contributed by atoms with Crippen LogP contribution in [-0.4, -0.2) is 21.0 Å². The first-order chi connectivity index (χ1) is 9.86. The summed E-state index contributed by atoms with van der Waals surface area (Å²) in [7, 11) is 0. The molecule has 1 N–H and O–H groups in total. The van der Waals surface area contributed by atoms with Crippen LogP contribution in [0.4, 0.5) is 10.1 Å². The number of hydrogen-bond acceptors (Lipinski definition) is 5. The summed E-state index contributed by atoms with van der Waals surface area (Å²) >= 11 is 5.63. The number of hydrogen-bond donors (Lipinski definition) is 1. The van der Waals surface area contributed by atoms with E-state index in [9.17, 15) is 19.3 Å². The lowest BCUT2D eigenvalue weighted by Gasteiger charge is -2.06. The molecular formula is C12H6ClFN2O5. The van der Waals surface area contributed by atoms with Crippen LogP contribution >= 0.6 is 11.6 Å². The van der Waals surface area contributed by atoms with Crippen LogP contribution in [0, 0.1) is 15.9 Å². The average molecular weight is 313 g/mol. The van der Waals surface area contributed by atoms with Gasteiger partial charge >= 0.3 is 11.7 Å². The van der Waals surface area contributed by atoms with Crippen LogP contribution in [0.3, 0.4) is 0 Å². The monoisotopic (exact) mass is 312 g/mol. The van der Waals surface area contributed by atoms with Crippen molar-refractivity contribution in [3.05, 3.63) is 57.0 Å². The van der Waals surface area contributed by atoms with Gasteiger partial charge in [-0.15, -0.1) is 0 Å². The van der Waals surface area contributed by atoms with Gasteiger partial charge in [0.25, 0.3) is 0 Å². The summed E-state index contributed by atoms with van der Waals surface area (Å²) in [5.74, 6) is -2.74. The lowest BCUT2D eigenvalue weighted by Crippen LogP contribution is -2.00. The summed E-state index contributed by atoms with van der Waals surface area (Å²) in [5.41, 5.74) is -0.709. The molecule has 0 unspecified atom stereocenters. The number of nitro groups is 1. The highest BCUT2D eigenvalue weighted by Gasteiger charge is 2.18. The van der Waals surface area contributed by atoms with E-state index in [2.05, 4.69) is 4.98 Å². The van der Waals surface area contributed by atoms with Crippen molar-refractivity contribution in [1.82, 2.24) is 4.98 Å². The molecule has 21 heavy (non-hydrogen) atoms. The molecule has 0 saturated heterocycles. The maximum Gasteiger partial charge on any atom is 0.335 e. The van der Waals surface area contributed by atoms with Crippen molar-refractivity contribution in [3.8, 4) is 11.6 Å². The summed E-state index contributed by atoms with van der Waals surface area (Å²) in [4.78, 5) is 24.6. The molecule has 9 heteroatoms. The Kier molecular flexibility index (Phi) is 3.99. The number of rotatable bonds is 4. The molecule has 0 radical (unpaired) electrons.